The van der Waals surface area contributed by atoms with E-state index in [1.165, 1.54) is 36.0 Å². The average molecular weight is 341 g/mol. The van der Waals surface area contributed by atoms with E-state index in [9.17, 15) is 14.0 Å². The van der Waals surface area contributed by atoms with Crippen molar-refractivity contribution in [3.05, 3.63) is 30.1 Å². The molecule has 1 aliphatic rings. The summed E-state index contributed by atoms with van der Waals surface area (Å²) in [6.07, 6.45) is 2.12. The summed E-state index contributed by atoms with van der Waals surface area (Å²) in [5, 5.41) is 0. The zero-order chi connectivity index (χ0) is 16.1. The van der Waals surface area contributed by atoms with E-state index < -0.39 is 17.8 Å². The van der Waals surface area contributed by atoms with E-state index in [1.807, 2.05) is 0 Å². The van der Waals surface area contributed by atoms with Crippen molar-refractivity contribution in [2.24, 2.45) is 4.40 Å². The Morgan fingerprint density at radius 1 is 1.27 bits per heavy atom. The molecule has 0 unspecified atom stereocenters. The molecule has 1 heterocycles. The number of carbonyl (C=O) groups is 2. The van der Waals surface area contributed by atoms with Crippen molar-refractivity contribution in [2.75, 3.05) is 17.7 Å². The second kappa shape index (κ2) is 7.64. The SMILES string of the molecule is CCCCSSN=C1C(=O)N(C)C(=O)N1c1ccccc1F. The van der Waals surface area contributed by atoms with E-state index in [2.05, 4.69) is 11.3 Å². The van der Waals surface area contributed by atoms with Crippen molar-refractivity contribution in [3.63, 3.8) is 0 Å². The lowest BCUT2D eigenvalue weighted by molar-refractivity contribution is -0.119. The number of imide groups is 1. The molecule has 5 nitrogen and oxygen atoms in total. The summed E-state index contributed by atoms with van der Waals surface area (Å²) < 4.78 is 18.1. The zero-order valence-electron chi connectivity index (χ0n) is 12.3. The molecule has 2 rings (SSSR count). The molecule has 0 spiro atoms. The summed E-state index contributed by atoms with van der Waals surface area (Å²) in [7, 11) is 4.00. The van der Waals surface area contributed by atoms with Crippen molar-refractivity contribution in [1.29, 1.82) is 0 Å². The van der Waals surface area contributed by atoms with Gasteiger partial charge in [-0.1, -0.05) is 36.3 Å². The Hall–Kier alpha value is -1.54. The van der Waals surface area contributed by atoms with Crippen LogP contribution in [0.3, 0.4) is 0 Å². The molecule has 0 bridgehead atoms. The molecule has 0 radical (unpaired) electrons. The summed E-state index contributed by atoms with van der Waals surface area (Å²) in [5.74, 6) is -0.269. The van der Waals surface area contributed by atoms with Gasteiger partial charge in [0.1, 0.15) is 5.82 Å². The number of urea groups is 1. The first kappa shape index (κ1) is 16.8. The van der Waals surface area contributed by atoms with E-state index >= 15 is 0 Å². The molecule has 1 fully saturated rings. The average Bonchev–Trinajstić information content (AvgIpc) is 2.72. The smallest absolute Gasteiger partial charge is 0.265 e. The summed E-state index contributed by atoms with van der Waals surface area (Å²) in [6, 6.07) is 5.22. The van der Waals surface area contributed by atoms with Crippen LogP contribution in [0.25, 0.3) is 0 Å². The minimum atomic E-state index is -0.604. The molecule has 0 N–H and O–H groups in total. The van der Waals surface area contributed by atoms with Crippen LogP contribution in [-0.2, 0) is 4.79 Å². The van der Waals surface area contributed by atoms with Crippen LogP contribution in [0, 0.1) is 5.82 Å². The van der Waals surface area contributed by atoms with Gasteiger partial charge in [0.05, 0.1) is 5.69 Å². The molecular weight excluding hydrogens is 325 g/mol. The fraction of sp³-hybridized carbons (Fsp3) is 0.357. The molecule has 0 aromatic heterocycles. The van der Waals surface area contributed by atoms with Gasteiger partial charge in [-0.2, -0.15) is 4.40 Å². The lowest BCUT2D eigenvalue weighted by atomic mass is 10.3. The third-order valence-corrected chi connectivity index (χ3v) is 4.89. The summed E-state index contributed by atoms with van der Waals surface area (Å²) >= 11 is 0. The van der Waals surface area contributed by atoms with Gasteiger partial charge in [-0.05, 0) is 18.6 Å². The van der Waals surface area contributed by atoms with Crippen LogP contribution in [0.5, 0.6) is 0 Å². The molecule has 0 aliphatic carbocycles. The van der Waals surface area contributed by atoms with E-state index in [4.69, 9.17) is 0 Å². The number of carbonyl (C=O) groups excluding carboxylic acids is 2. The van der Waals surface area contributed by atoms with Crippen molar-refractivity contribution in [2.45, 2.75) is 19.8 Å². The maximum atomic E-state index is 13.9. The van der Waals surface area contributed by atoms with E-state index in [0.29, 0.717) is 0 Å². The van der Waals surface area contributed by atoms with Crippen LogP contribution < -0.4 is 4.90 Å². The van der Waals surface area contributed by atoms with Gasteiger partial charge in [0.25, 0.3) is 5.91 Å². The van der Waals surface area contributed by atoms with Crippen LogP contribution in [0.15, 0.2) is 28.7 Å². The lowest BCUT2D eigenvalue weighted by Gasteiger charge is -2.15. The number of benzene rings is 1. The van der Waals surface area contributed by atoms with Gasteiger partial charge in [-0.15, -0.1) is 0 Å². The minimum Gasteiger partial charge on any atom is -0.265 e. The van der Waals surface area contributed by atoms with Crippen molar-refractivity contribution in [3.8, 4) is 0 Å². The first-order chi connectivity index (χ1) is 10.6. The summed E-state index contributed by atoms with van der Waals surface area (Å²) in [6.45, 7) is 2.09. The summed E-state index contributed by atoms with van der Waals surface area (Å²) in [5.41, 5.74) is 0.0307. The monoisotopic (exact) mass is 341 g/mol. The van der Waals surface area contributed by atoms with Crippen LogP contribution in [0.2, 0.25) is 0 Å². The van der Waals surface area contributed by atoms with Crippen LogP contribution in [0.4, 0.5) is 14.9 Å². The molecule has 1 aliphatic heterocycles. The molecule has 1 aromatic rings. The van der Waals surface area contributed by atoms with Gasteiger partial charge in [-0.25, -0.2) is 14.1 Å². The number of hydrogen-bond donors (Lipinski definition) is 0. The predicted octanol–water partition coefficient (Wildman–Crippen LogP) is 3.72. The lowest BCUT2D eigenvalue weighted by Crippen LogP contribution is -2.32. The largest absolute Gasteiger partial charge is 0.337 e. The predicted molar refractivity (Wildman–Crippen MR) is 89.4 cm³/mol. The third-order valence-electron chi connectivity index (χ3n) is 3.04. The number of unbranched alkanes of at least 4 members (excludes halogenated alkanes) is 1. The molecule has 1 saturated heterocycles. The van der Waals surface area contributed by atoms with E-state index in [0.717, 1.165) is 39.4 Å². The third kappa shape index (κ3) is 3.44. The number of amides is 3. The standard InChI is InChI=1S/C14H16FN3O2S2/c1-3-4-9-21-22-16-12-13(19)17(2)14(20)18(12)11-8-6-5-7-10(11)15/h5-8H,3-4,9H2,1-2H3. The number of hydrogen-bond acceptors (Lipinski definition) is 5. The fourth-order valence-corrected chi connectivity index (χ4v) is 3.52. The Kier molecular flexibility index (Phi) is 5.84. The van der Waals surface area contributed by atoms with Gasteiger partial charge in [0, 0.05) is 23.8 Å². The number of nitrogens with zero attached hydrogens (tertiary/aromatic N) is 3. The van der Waals surface area contributed by atoms with Crippen LogP contribution in [-0.4, -0.2) is 35.5 Å². The second-order valence-corrected chi connectivity index (χ2v) is 6.73. The Balaban J connectivity index is 2.24. The van der Waals surface area contributed by atoms with Crippen molar-refractivity contribution < 1.29 is 14.0 Å². The maximum Gasteiger partial charge on any atom is 0.337 e. The first-order valence-electron chi connectivity index (χ1n) is 6.81. The van der Waals surface area contributed by atoms with Crippen molar-refractivity contribution in [1.82, 2.24) is 4.90 Å². The highest BCUT2D eigenvalue weighted by atomic mass is 33.1. The fourth-order valence-electron chi connectivity index (χ4n) is 1.81. The van der Waals surface area contributed by atoms with Gasteiger partial charge < -0.3 is 0 Å². The summed E-state index contributed by atoms with van der Waals surface area (Å²) in [4.78, 5) is 26.3. The molecule has 118 valence electrons. The van der Waals surface area contributed by atoms with E-state index in [1.54, 1.807) is 6.07 Å². The highest BCUT2D eigenvalue weighted by molar-refractivity contribution is 8.76. The number of rotatable bonds is 6. The number of likely N-dealkylation sites (N-methyl/N-ethyl adjacent to an activating group) is 1. The van der Waals surface area contributed by atoms with E-state index in [-0.39, 0.29) is 11.5 Å². The van der Waals surface area contributed by atoms with Gasteiger partial charge >= 0.3 is 6.03 Å². The minimum absolute atomic E-state index is 0.0307. The Labute approximate surface area is 136 Å². The second-order valence-electron chi connectivity index (χ2n) is 4.60. The van der Waals surface area contributed by atoms with Crippen molar-refractivity contribution >= 4 is 45.2 Å². The topological polar surface area (TPSA) is 53.0 Å². The van der Waals surface area contributed by atoms with Gasteiger partial charge in [0.2, 0.25) is 5.84 Å². The molecule has 0 atom stereocenters. The Bertz CT molecular complexity index is 610. The zero-order valence-corrected chi connectivity index (χ0v) is 13.9. The van der Waals surface area contributed by atoms with Gasteiger partial charge in [0.15, 0.2) is 0 Å². The van der Waals surface area contributed by atoms with Crippen LogP contribution in [0.1, 0.15) is 19.8 Å². The highest BCUT2D eigenvalue weighted by Crippen LogP contribution is 2.29. The molecule has 0 saturated carbocycles. The molecule has 22 heavy (non-hydrogen) atoms. The number of anilines is 1. The number of amidine groups is 1. The molecule has 3 amide bonds. The van der Waals surface area contributed by atoms with Crippen LogP contribution >= 0.6 is 21.8 Å². The number of para-hydroxylation sites is 1. The van der Waals surface area contributed by atoms with Gasteiger partial charge in [-0.3, -0.25) is 9.69 Å². The normalized spacial score (nSPS) is 17.0. The molecule has 1 aromatic carbocycles. The first-order valence-corrected chi connectivity index (χ1v) is 9.08. The molecule has 8 heteroatoms. The Morgan fingerprint density at radius 3 is 2.68 bits per heavy atom. The maximum absolute atomic E-state index is 13.9. The number of halogens is 1. The molecular formula is C14H16FN3O2S2. The highest BCUT2D eigenvalue weighted by Gasteiger charge is 2.42. The quantitative estimate of drug-likeness (QED) is 0.342. The Morgan fingerprint density at radius 2 is 2.00 bits per heavy atom.